The van der Waals surface area contributed by atoms with E-state index < -0.39 is 0 Å². The zero-order chi connectivity index (χ0) is 12.5. The minimum Gasteiger partial charge on any atom is -0.396 e. The molecular formula is C10H20N4O3. The van der Waals surface area contributed by atoms with Crippen LogP contribution in [0.15, 0.2) is 6.20 Å². The Balaban J connectivity index is 2.24. The quantitative estimate of drug-likeness (QED) is 0.563. The zero-order valence-electron chi connectivity index (χ0n) is 10.3. The highest BCUT2D eigenvalue weighted by molar-refractivity contribution is 4.91. The third-order valence-corrected chi connectivity index (χ3v) is 2.27. The van der Waals surface area contributed by atoms with Crippen LogP contribution in [-0.2, 0) is 22.6 Å². The SMILES string of the molecule is COC(CNCc1cn(CCCO)nn1)OC. The van der Waals surface area contributed by atoms with Gasteiger partial charge in [-0.25, -0.2) is 0 Å². The van der Waals surface area contributed by atoms with Crippen molar-refractivity contribution in [3.05, 3.63) is 11.9 Å². The molecule has 1 rings (SSSR count). The van der Waals surface area contributed by atoms with Crippen LogP contribution in [0.2, 0.25) is 0 Å². The molecule has 1 heterocycles. The van der Waals surface area contributed by atoms with Crippen molar-refractivity contribution in [1.82, 2.24) is 20.3 Å². The van der Waals surface area contributed by atoms with Gasteiger partial charge < -0.3 is 19.9 Å². The summed E-state index contributed by atoms with van der Waals surface area (Å²) in [7, 11) is 3.20. The van der Waals surface area contributed by atoms with Crippen LogP contribution in [0.1, 0.15) is 12.1 Å². The summed E-state index contributed by atoms with van der Waals surface area (Å²) >= 11 is 0. The van der Waals surface area contributed by atoms with Crippen molar-refractivity contribution in [3.8, 4) is 0 Å². The summed E-state index contributed by atoms with van der Waals surface area (Å²) in [6.45, 7) is 2.05. The highest BCUT2D eigenvalue weighted by atomic mass is 16.7. The van der Waals surface area contributed by atoms with Gasteiger partial charge in [0.25, 0.3) is 0 Å². The van der Waals surface area contributed by atoms with Crippen LogP contribution in [0.3, 0.4) is 0 Å². The Morgan fingerprint density at radius 3 is 2.88 bits per heavy atom. The number of methoxy groups -OCH3 is 2. The highest BCUT2D eigenvalue weighted by Crippen LogP contribution is 1.95. The molecule has 0 fully saturated rings. The van der Waals surface area contributed by atoms with Gasteiger partial charge >= 0.3 is 0 Å². The summed E-state index contributed by atoms with van der Waals surface area (Å²) < 4.78 is 11.8. The fourth-order valence-corrected chi connectivity index (χ4v) is 1.34. The van der Waals surface area contributed by atoms with Crippen molar-refractivity contribution in [2.75, 3.05) is 27.4 Å². The van der Waals surface area contributed by atoms with Crippen molar-refractivity contribution in [3.63, 3.8) is 0 Å². The Bertz CT molecular complexity index is 301. The van der Waals surface area contributed by atoms with E-state index in [1.54, 1.807) is 18.9 Å². The minimum atomic E-state index is -0.251. The average Bonchev–Trinajstić information content (AvgIpc) is 2.80. The maximum Gasteiger partial charge on any atom is 0.169 e. The first-order valence-electron chi connectivity index (χ1n) is 5.56. The van der Waals surface area contributed by atoms with Gasteiger partial charge in [-0.3, -0.25) is 4.68 Å². The lowest BCUT2D eigenvalue weighted by atomic mass is 10.4. The summed E-state index contributed by atoms with van der Waals surface area (Å²) in [5, 5.41) is 19.8. The van der Waals surface area contributed by atoms with Crippen molar-refractivity contribution in [2.24, 2.45) is 0 Å². The number of aliphatic hydroxyl groups excluding tert-OH is 1. The van der Waals surface area contributed by atoms with Gasteiger partial charge in [-0.1, -0.05) is 5.21 Å². The molecule has 0 aliphatic carbocycles. The lowest BCUT2D eigenvalue weighted by Gasteiger charge is -2.13. The fraction of sp³-hybridized carbons (Fsp3) is 0.800. The molecule has 0 aliphatic rings. The van der Waals surface area contributed by atoms with Gasteiger partial charge in [0.05, 0.1) is 5.69 Å². The molecule has 0 aliphatic heterocycles. The van der Waals surface area contributed by atoms with Crippen molar-refractivity contribution < 1.29 is 14.6 Å². The Morgan fingerprint density at radius 2 is 2.24 bits per heavy atom. The second kappa shape index (κ2) is 8.13. The van der Waals surface area contributed by atoms with Crippen molar-refractivity contribution in [2.45, 2.75) is 25.8 Å². The molecule has 7 nitrogen and oxygen atoms in total. The summed E-state index contributed by atoms with van der Waals surface area (Å²) in [5.41, 5.74) is 0.855. The van der Waals surface area contributed by atoms with Gasteiger partial charge in [0.2, 0.25) is 0 Å². The molecule has 1 aromatic heterocycles. The first-order valence-corrected chi connectivity index (χ1v) is 5.56. The molecule has 0 saturated carbocycles. The van der Waals surface area contributed by atoms with Gasteiger partial charge in [0.1, 0.15) is 0 Å². The van der Waals surface area contributed by atoms with E-state index in [9.17, 15) is 0 Å². The third-order valence-electron chi connectivity index (χ3n) is 2.27. The smallest absolute Gasteiger partial charge is 0.169 e. The Labute approximate surface area is 101 Å². The van der Waals surface area contributed by atoms with Crippen LogP contribution in [0.25, 0.3) is 0 Å². The van der Waals surface area contributed by atoms with Crippen LogP contribution in [0.5, 0.6) is 0 Å². The van der Waals surface area contributed by atoms with E-state index in [0.29, 0.717) is 26.1 Å². The van der Waals surface area contributed by atoms with Crippen LogP contribution in [0, 0.1) is 0 Å². The van der Waals surface area contributed by atoms with Crippen LogP contribution >= 0.6 is 0 Å². The molecule has 0 unspecified atom stereocenters. The predicted octanol–water partition coefficient (Wildman–Crippen LogP) is -0.631. The van der Waals surface area contributed by atoms with E-state index in [1.807, 2.05) is 6.20 Å². The maximum absolute atomic E-state index is 8.69. The minimum absolute atomic E-state index is 0.163. The molecule has 0 bridgehead atoms. The molecule has 1 aromatic rings. The Kier molecular flexibility index (Phi) is 6.71. The number of hydrogen-bond donors (Lipinski definition) is 2. The summed E-state index contributed by atoms with van der Waals surface area (Å²) in [5.74, 6) is 0. The Morgan fingerprint density at radius 1 is 1.47 bits per heavy atom. The predicted molar refractivity (Wildman–Crippen MR) is 61.2 cm³/mol. The summed E-state index contributed by atoms with van der Waals surface area (Å²) in [4.78, 5) is 0. The lowest BCUT2D eigenvalue weighted by Crippen LogP contribution is -2.29. The molecule has 0 saturated heterocycles. The molecule has 0 aromatic carbocycles. The summed E-state index contributed by atoms with van der Waals surface area (Å²) in [6, 6.07) is 0. The van der Waals surface area contributed by atoms with E-state index >= 15 is 0 Å². The molecule has 98 valence electrons. The van der Waals surface area contributed by atoms with Crippen molar-refractivity contribution in [1.29, 1.82) is 0 Å². The van der Waals surface area contributed by atoms with E-state index in [0.717, 1.165) is 5.69 Å². The normalized spacial score (nSPS) is 11.3. The largest absolute Gasteiger partial charge is 0.396 e. The number of hydrogen-bond acceptors (Lipinski definition) is 6. The molecule has 7 heteroatoms. The van der Waals surface area contributed by atoms with Gasteiger partial charge in [-0.2, -0.15) is 0 Å². The number of nitrogens with one attached hydrogen (secondary N) is 1. The molecule has 0 spiro atoms. The average molecular weight is 244 g/mol. The summed E-state index contributed by atoms with van der Waals surface area (Å²) in [6.07, 6.45) is 2.29. The van der Waals surface area contributed by atoms with Crippen molar-refractivity contribution >= 4 is 0 Å². The fourth-order valence-electron chi connectivity index (χ4n) is 1.34. The number of rotatable bonds is 9. The van der Waals surface area contributed by atoms with Gasteiger partial charge in [-0.05, 0) is 6.42 Å². The van der Waals surface area contributed by atoms with E-state index in [-0.39, 0.29) is 12.9 Å². The third kappa shape index (κ3) is 5.22. The molecule has 0 radical (unpaired) electrons. The molecule has 0 atom stereocenters. The van der Waals surface area contributed by atoms with E-state index in [2.05, 4.69) is 15.6 Å². The van der Waals surface area contributed by atoms with E-state index in [4.69, 9.17) is 14.6 Å². The zero-order valence-corrected chi connectivity index (χ0v) is 10.3. The second-order valence-corrected chi connectivity index (χ2v) is 3.58. The van der Waals surface area contributed by atoms with Gasteiger partial charge in [0.15, 0.2) is 6.29 Å². The lowest BCUT2D eigenvalue weighted by molar-refractivity contribution is -0.0989. The molecule has 2 N–H and O–H groups in total. The standard InChI is InChI=1S/C10H20N4O3/c1-16-10(17-2)7-11-6-9-8-14(13-12-9)4-3-5-15/h8,10-11,15H,3-7H2,1-2H3. The Hall–Kier alpha value is -1.02. The first kappa shape index (κ1) is 14.0. The first-order chi connectivity index (χ1) is 8.30. The van der Waals surface area contributed by atoms with Crippen LogP contribution < -0.4 is 5.32 Å². The second-order valence-electron chi connectivity index (χ2n) is 3.58. The molecule has 17 heavy (non-hydrogen) atoms. The molecule has 0 amide bonds. The number of nitrogens with zero attached hydrogens (tertiary/aromatic N) is 3. The number of ether oxygens (including phenoxy) is 2. The maximum atomic E-state index is 8.69. The number of aromatic nitrogens is 3. The van der Waals surface area contributed by atoms with Crippen LogP contribution in [0.4, 0.5) is 0 Å². The highest BCUT2D eigenvalue weighted by Gasteiger charge is 2.05. The van der Waals surface area contributed by atoms with Gasteiger partial charge in [0, 0.05) is 46.7 Å². The number of aliphatic hydroxyl groups is 1. The molecular weight excluding hydrogens is 224 g/mol. The van der Waals surface area contributed by atoms with Crippen LogP contribution in [-0.4, -0.2) is 53.8 Å². The topological polar surface area (TPSA) is 81.4 Å². The van der Waals surface area contributed by atoms with E-state index in [1.165, 1.54) is 0 Å². The van der Waals surface area contributed by atoms with Gasteiger partial charge in [-0.15, -0.1) is 5.10 Å². The monoisotopic (exact) mass is 244 g/mol. The number of aryl methyl sites for hydroxylation is 1.